The highest BCUT2D eigenvalue weighted by Crippen LogP contribution is 2.26. The lowest BCUT2D eigenvalue weighted by molar-refractivity contribution is -0.140. The standard InChI is InChI=1S/C36H40BrN3O5S/c1-4-27(3)38-36(42)34(24-28-13-8-6-9-14-28)39(25-29-15-12-16-30(37)23-29)35(41)26-40(31-17-10-7-11-18-31)46(43,44)33-21-19-32(20-22-33)45-5-2/h6-23,27,34H,4-5,24-26H2,1-3H3,(H,38,42)/t27-,34-/m0/s1. The van der Waals surface area contributed by atoms with Gasteiger partial charge in [-0.2, -0.15) is 0 Å². The third-order valence-corrected chi connectivity index (χ3v) is 9.84. The average molecular weight is 707 g/mol. The molecule has 0 saturated heterocycles. The number of benzene rings is 4. The highest BCUT2D eigenvalue weighted by atomic mass is 79.9. The van der Waals surface area contributed by atoms with Gasteiger partial charge in [0.1, 0.15) is 18.3 Å². The van der Waals surface area contributed by atoms with Crippen molar-refractivity contribution in [1.82, 2.24) is 10.2 Å². The molecule has 2 amide bonds. The zero-order valence-corrected chi connectivity index (χ0v) is 28.7. The highest BCUT2D eigenvalue weighted by molar-refractivity contribution is 9.10. The zero-order valence-electron chi connectivity index (χ0n) is 26.3. The minimum Gasteiger partial charge on any atom is -0.494 e. The van der Waals surface area contributed by atoms with Gasteiger partial charge in [0.25, 0.3) is 10.0 Å². The van der Waals surface area contributed by atoms with Crippen molar-refractivity contribution in [2.24, 2.45) is 0 Å². The molecule has 8 nitrogen and oxygen atoms in total. The molecule has 2 atom stereocenters. The van der Waals surface area contributed by atoms with Crippen LogP contribution in [0.5, 0.6) is 5.75 Å². The van der Waals surface area contributed by atoms with Gasteiger partial charge in [0.15, 0.2) is 0 Å². The van der Waals surface area contributed by atoms with Crippen LogP contribution in [0.3, 0.4) is 0 Å². The summed E-state index contributed by atoms with van der Waals surface area (Å²) in [5.41, 5.74) is 1.99. The number of anilines is 1. The number of nitrogens with one attached hydrogen (secondary N) is 1. The molecule has 4 aromatic rings. The van der Waals surface area contributed by atoms with Crippen molar-refractivity contribution < 1.29 is 22.7 Å². The van der Waals surface area contributed by atoms with Crippen LogP contribution in [-0.2, 0) is 32.6 Å². The summed E-state index contributed by atoms with van der Waals surface area (Å²) in [6, 6.07) is 30.6. The molecule has 0 bridgehead atoms. The van der Waals surface area contributed by atoms with Crippen molar-refractivity contribution in [3.63, 3.8) is 0 Å². The number of halogens is 1. The Labute approximate surface area is 280 Å². The number of carbonyl (C=O) groups is 2. The lowest BCUT2D eigenvalue weighted by Crippen LogP contribution is -2.54. The number of amides is 2. The van der Waals surface area contributed by atoms with Gasteiger partial charge in [-0.15, -0.1) is 0 Å². The Hall–Kier alpha value is -4.15. The monoisotopic (exact) mass is 705 g/mol. The second kappa shape index (κ2) is 16.4. The number of rotatable bonds is 15. The predicted octanol–water partition coefficient (Wildman–Crippen LogP) is 6.60. The smallest absolute Gasteiger partial charge is 0.264 e. The Morgan fingerprint density at radius 2 is 1.48 bits per heavy atom. The molecule has 0 aliphatic heterocycles. The molecular weight excluding hydrogens is 666 g/mol. The van der Waals surface area contributed by atoms with Crippen LogP contribution in [0.25, 0.3) is 0 Å². The number of hydrogen-bond donors (Lipinski definition) is 1. The fraction of sp³-hybridized carbons (Fsp3) is 0.278. The molecule has 0 fully saturated rings. The molecule has 4 aromatic carbocycles. The van der Waals surface area contributed by atoms with Crippen molar-refractivity contribution in [1.29, 1.82) is 0 Å². The zero-order chi connectivity index (χ0) is 33.1. The van der Waals surface area contributed by atoms with E-state index in [1.165, 1.54) is 17.0 Å². The second-order valence-electron chi connectivity index (χ2n) is 10.9. The fourth-order valence-electron chi connectivity index (χ4n) is 4.95. The molecule has 0 unspecified atom stereocenters. The quantitative estimate of drug-likeness (QED) is 0.150. The summed E-state index contributed by atoms with van der Waals surface area (Å²) in [5, 5.41) is 3.05. The summed E-state index contributed by atoms with van der Waals surface area (Å²) in [6.07, 6.45) is 0.964. The SMILES string of the molecule is CCOc1ccc(S(=O)(=O)N(CC(=O)N(Cc2cccc(Br)c2)[C@@H](Cc2ccccc2)C(=O)N[C@@H](C)CC)c2ccccc2)cc1. The first-order valence-corrected chi connectivity index (χ1v) is 17.5. The van der Waals surface area contributed by atoms with Crippen molar-refractivity contribution >= 4 is 43.5 Å². The van der Waals surface area contributed by atoms with Crippen LogP contribution in [-0.4, -0.2) is 50.4 Å². The minimum absolute atomic E-state index is 0.0153. The third-order valence-electron chi connectivity index (χ3n) is 7.56. The highest BCUT2D eigenvalue weighted by Gasteiger charge is 2.35. The normalized spacial score (nSPS) is 12.5. The van der Waals surface area contributed by atoms with E-state index in [1.807, 2.05) is 75.4 Å². The molecule has 10 heteroatoms. The number of para-hydroxylation sites is 1. The Balaban J connectivity index is 1.78. The van der Waals surface area contributed by atoms with Crippen LogP contribution in [0.1, 0.15) is 38.3 Å². The summed E-state index contributed by atoms with van der Waals surface area (Å²) in [4.78, 5) is 30.0. The van der Waals surface area contributed by atoms with E-state index >= 15 is 0 Å². The maximum atomic E-state index is 14.5. The molecule has 0 aliphatic rings. The average Bonchev–Trinajstić information content (AvgIpc) is 3.06. The number of carbonyl (C=O) groups excluding carboxylic acids is 2. The van der Waals surface area contributed by atoms with Gasteiger partial charge in [0.05, 0.1) is 17.2 Å². The number of ether oxygens (including phenoxy) is 1. The van der Waals surface area contributed by atoms with Gasteiger partial charge in [-0.25, -0.2) is 8.42 Å². The molecule has 4 rings (SSSR count). The summed E-state index contributed by atoms with van der Waals surface area (Å²) in [5.74, 6) is -0.277. The molecule has 0 aromatic heterocycles. The Kier molecular flexibility index (Phi) is 12.4. The summed E-state index contributed by atoms with van der Waals surface area (Å²) in [6.45, 7) is 5.76. The van der Waals surface area contributed by atoms with Crippen LogP contribution in [0.4, 0.5) is 5.69 Å². The second-order valence-corrected chi connectivity index (χ2v) is 13.7. The first-order chi connectivity index (χ1) is 22.1. The lowest BCUT2D eigenvalue weighted by atomic mass is 10.0. The van der Waals surface area contributed by atoms with Crippen LogP contribution in [0.2, 0.25) is 0 Å². The minimum atomic E-state index is -4.20. The van der Waals surface area contributed by atoms with E-state index in [0.29, 0.717) is 24.5 Å². The van der Waals surface area contributed by atoms with E-state index in [-0.39, 0.29) is 29.8 Å². The first-order valence-electron chi connectivity index (χ1n) is 15.3. The largest absolute Gasteiger partial charge is 0.494 e. The molecule has 1 N–H and O–H groups in total. The van der Waals surface area contributed by atoms with Gasteiger partial charge in [-0.1, -0.05) is 83.5 Å². The molecule has 0 saturated carbocycles. The number of hydrogen-bond acceptors (Lipinski definition) is 5. The Bertz CT molecular complexity index is 1690. The molecule has 0 spiro atoms. The summed E-state index contributed by atoms with van der Waals surface area (Å²) < 4.78 is 35.8. The maximum absolute atomic E-state index is 14.5. The maximum Gasteiger partial charge on any atom is 0.264 e. The van der Waals surface area contributed by atoms with Crippen LogP contribution >= 0.6 is 15.9 Å². The van der Waals surface area contributed by atoms with Crippen molar-refractivity contribution in [3.05, 3.63) is 125 Å². The first kappa shape index (κ1) is 34.7. The van der Waals surface area contributed by atoms with E-state index in [1.54, 1.807) is 42.5 Å². The van der Waals surface area contributed by atoms with Crippen LogP contribution in [0.15, 0.2) is 119 Å². The molecule has 0 radical (unpaired) electrons. The van der Waals surface area contributed by atoms with E-state index < -0.39 is 28.5 Å². The predicted molar refractivity (Wildman–Crippen MR) is 185 cm³/mol. The van der Waals surface area contributed by atoms with E-state index in [4.69, 9.17) is 4.74 Å². The van der Waals surface area contributed by atoms with Gasteiger partial charge in [0.2, 0.25) is 11.8 Å². The van der Waals surface area contributed by atoms with Crippen LogP contribution < -0.4 is 14.4 Å². The van der Waals surface area contributed by atoms with Gasteiger partial charge < -0.3 is 15.0 Å². The summed E-state index contributed by atoms with van der Waals surface area (Å²) >= 11 is 3.51. The summed E-state index contributed by atoms with van der Waals surface area (Å²) in [7, 11) is -4.20. The lowest BCUT2D eigenvalue weighted by Gasteiger charge is -2.34. The molecule has 0 aliphatic carbocycles. The number of sulfonamides is 1. The van der Waals surface area contributed by atoms with E-state index in [0.717, 1.165) is 19.9 Å². The van der Waals surface area contributed by atoms with Crippen molar-refractivity contribution in [2.75, 3.05) is 17.5 Å². The molecule has 46 heavy (non-hydrogen) atoms. The van der Waals surface area contributed by atoms with Crippen molar-refractivity contribution in [3.8, 4) is 5.75 Å². The van der Waals surface area contributed by atoms with Gasteiger partial charge >= 0.3 is 0 Å². The molecular formula is C36H40BrN3O5S. The topological polar surface area (TPSA) is 96.0 Å². The van der Waals surface area contributed by atoms with E-state index in [2.05, 4.69) is 21.2 Å². The fourth-order valence-corrected chi connectivity index (χ4v) is 6.81. The van der Waals surface area contributed by atoms with E-state index in [9.17, 15) is 18.0 Å². The Morgan fingerprint density at radius 1 is 0.848 bits per heavy atom. The van der Waals surface area contributed by atoms with Crippen molar-refractivity contribution in [2.45, 2.75) is 57.1 Å². The van der Waals surface area contributed by atoms with Gasteiger partial charge in [-0.05, 0) is 79.9 Å². The Morgan fingerprint density at radius 3 is 2.09 bits per heavy atom. The van der Waals surface area contributed by atoms with Gasteiger partial charge in [0, 0.05) is 23.5 Å². The van der Waals surface area contributed by atoms with Crippen LogP contribution in [0, 0.1) is 0 Å². The molecule has 0 heterocycles. The molecule has 242 valence electrons. The van der Waals surface area contributed by atoms with Gasteiger partial charge in [-0.3, -0.25) is 13.9 Å². The third kappa shape index (κ3) is 9.20. The number of nitrogens with zero attached hydrogens (tertiary/aromatic N) is 2.